The molecule has 1 N–H and O–H groups in total. The summed E-state index contributed by atoms with van der Waals surface area (Å²) in [5.74, 6) is 2.98. The Labute approximate surface area is 112 Å². The third-order valence-electron chi connectivity index (χ3n) is 4.56. The number of fused-ring (bicyclic) bond motifs is 2. The van der Waals surface area contributed by atoms with Gasteiger partial charge in [-0.25, -0.2) is 0 Å². The van der Waals surface area contributed by atoms with Crippen molar-refractivity contribution in [2.45, 2.75) is 32.6 Å². The van der Waals surface area contributed by atoms with Gasteiger partial charge >= 0.3 is 0 Å². The smallest absolute Gasteiger partial charge is 0.0487 e. The van der Waals surface area contributed by atoms with Gasteiger partial charge in [0.05, 0.1) is 0 Å². The van der Waals surface area contributed by atoms with E-state index in [4.69, 9.17) is 0 Å². The Kier molecular flexibility index (Phi) is 3.16. The number of benzene rings is 1. The molecule has 2 saturated carbocycles. The van der Waals surface area contributed by atoms with E-state index in [1.807, 2.05) is 0 Å². The van der Waals surface area contributed by atoms with Crippen molar-refractivity contribution in [1.82, 2.24) is 0 Å². The Morgan fingerprint density at radius 2 is 2.18 bits per heavy atom. The average Bonchev–Trinajstić information content (AvgIpc) is 2.92. The van der Waals surface area contributed by atoms with Crippen LogP contribution >= 0.6 is 15.9 Å². The van der Waals surface area contributed by atoms with Crippen LogP contribution in [0.15, 0.2) is 22.7 Å². The molecule has 2 aliphatic carbocycles. The van der Waals surface area contributed by atoms with Crippen molar-refractivity contribution in [2.24, 2.45) is 17.8 Å². The quantitative estimate of drug-likeness (QED) is 0.858. The predicted octanol–water partition coefficient (Wildman–Crippen LogP) is 4.61. The Hall–Kier alpha value is -0.500. The van der Waals surface area contributed by atoms with Gasteiger partial charge in [0.15, 0.2) is 0 Å². The van der Waals surface area contributed by atoms with E-state index in [-0.39, 0.29) is 0 Å². The van der Waals surface area contributed by atoms with Gasteiger partial charge in [0.25, 0.3) is 0 Å². The van der Waals surface area contributed by atoms with E-state index in [1.165, 1.54) is 41.4 Å². The summed E-state index contributed by atoms with van der Waals surface area (Å²) in [4.78, 5) is 0. The average molecular weight is 294 g/mol. The Morgan fingerprint density at radius 1 is 1.29 bits per heavy atom. The van der Waals surface area contributed by atoms with Crippen molar-refractivity contribution < 1.29 is 0 Å². The van der Waals surface area contributed by atoms with Crippen LogP contribution in [0.25, 0.3) is 0 Å². The lowest BCUT2D eigenvalue weighted by Gasteiger charge is -2.22. The maximum atomic E-state index is 3.63. The summed E-state index contributed by atoms with van der Waals surface area (Å²) in [6, 6.07) is 6.52. The molecule has 3 unspecified atom stereocenters. The maximum absolute atomic E-state index is 3.63. The first-order valence-corrected chi connectivity index (χ1v) is 7.51. The lowest BCUT2D eigenvalue weighted by atomic mass is 9.89. The van der Waals surface area contributed by atoms with Crippen LogP contribution in [-0.4, -0.2) is 6.54 Å². The van der Waals surface area contributed by atoms with E-state index in [2.05, 4.69) is 46.4 Å². The first-order valence-electron chi connectivity index (χ1n) is 6.72. The van der Waals surface area contributed by atoms with Gasteiger partial charge in [-0.05, 0) is 77.6 Å². The van der Waals surface area contributed by atoms with Crippen molar-refractivity contribution in [3.8, 4) is 0 Å². The lowest BCUT2D eigenvalue weighted by molar-refractivity contribution is 0.348. The molecule has 2 bridgehead atoms. The van der Waals surface area contributed by atoms with Crippen molar-refractivity contribution >= 4 is 21.6 Å². The van der Waals surface area contributed by atoms with E-state index >= 15 is 0 Å². The lowest BCUT2D eigenvalue weighted by Crippen LogP contribution is -2.20. The zero-order valence-corrected chi connectivity index (χ0v) is 12.0. The Bertz CT molecular complexity index is 415. The number of anilines is 1. The molecular formula is C15H20BrN. The summed E-state index contributed by atoms with van der Waals surface area (Å²) < 4.78 is 1.19. The fourth-order valence-corrected chi connectivity index (χ4v) is 4.03. The number of halogens is 1. The fourth-order valence-electron chi connectivity index (χ4n) is 3.64. The van der Waals surface area contributed by atoms with Crippen LogP contribution in [0.1, 0.15) is 31.2 Å². The largest absolute Gasteiger partial charge is 0.384 e. The van der Waals surface area contributed by atoms with E-state index in [9.17, 15) is 0 Å². The molecular weight excluding hydrogens is 274 g/mol. The van der Waals surface area contributed by atoms with Gasteiger partial charge in [-0.3, -0.25) is 0 Å². The SMILES string of the molecule is Cc1ccc(Br)c(NCC2CC3CCC2C3)c1. The molecule has 0 spiro atoms. The minimum atomic E-state index is 0.918. The highest BCUT2D eigenvalue weighted by molar-refractivity contribution is 9.10. The van der Waals surface area contributed by atoms with Crippen molar-refractivity contribution in [1.29, 1.82) is 0 Å². The number of nitrogens with one attached hydrogen (secondary N) is 1. The molecule has 1 nitrogen and oxygen atoms in total. The number of hydrogen-bond donors (Lipinski definition) is 1. The monoisotopic (exact) mass is 293 g/mol. The molecule has 0 aromatic heterocycles. The van der Waals surface area contributed by atoms with Crippen LogP contribution in [0, 0.1) is 24.7 Å². The zero-order valence-electron chi connectivity index (χ0n) is 10.4. The van der Waals surface area contributed by atoms with Gasteiger partial charge in [0.1, 0.15) is 0 Å². The Balaban J connectivity index is 1.62. The molecule has 2 aliphatic rings. The van der Waals surface area contributed by atoms with E-state index in [0.29, 0.717) is 0 Å². The van der Waals surface area contributed by atoms with Crippen molar-refractivity contribution in [2.75, 3.05) is 11.9 Å². The van der Waals surface area contributed by atoms with Crippen LogP contribution in [0.5, 0.6) is 0 Å². The van der Waals surface area contributed by atoms with Crippen LogP contribution in [0.4, 0.5) is 5.69 Å². The highest BCUT2D eigenvalue weighted by Gasteiger charge is 2.39. The normalized spacial score (nSPS) is 30.8. The molecule has 2 fully saturated rings. The van der Waals surface area contributed by atoms with Crippen LogP contribution in [-0.2, 0) is 0 Å². The molecule has 1 aromatic rings. The van der Waals surface area contributed by atoms with E-state index in [1.54, 1.807) is 0 Å². The molecule has 1 aromatic carbocycles. The summed E-state index contributed by atoms with van der Waals surface area (Å²) in [5, 5.41) is 3.63. The second-order valence-corrected chi connectivity index (χ2v) is 6.65. The Morgan fingerprint density at radius 3 is 2.88 bits per heavy atom. The van der Waals surface area contributed by atoms with Gasteiger partial charge < -0.3 is 5.32 Å². The van der Waals surface area contributed by atoms with Gasteiger partial charge in [-0.2, -0.15) is 0 Å². The summed E-state index contributed by atoms with van der Waals surface area (Å²) in [7, 11) is 0. The first kappa shape index (κ1) is 11.6. The molecule has 0 saturated heterocycles. The second kappa shape index (κ2) is 4.64. The van der Waals surface area contributed by atoms with Crippen molar-refractivity contribution in [3.63, 3.8) is 0 Å². The molecule has 3 atom stereocenters. The minimum absolute atomic E-state index is 0.918. The summed E-state index contributed by atoms with van der Waals surface area (Å²) in [6.07, 6.45) is 5.93. The zero-order chi connectivity index (χ0) is 11.8. The number of aryl methyl sites for hydroxylation is 1. The van der Waals surface area contributed by atoms with Gasteiger partial charge in [-0.15, -0.1) is 0 Å². The molecule has 92 valence electrons. The molecule has 17 heavy (non-hydrogen) atoms. The third-order valence-corrected chi connectivity index (χ3v) is 5.25. The van der Waals surface area contributed by atoms with E-state index in [0.717, 1.165) is 24.3 Å². The van der Waals surface area contributed by atoms with Gasteiger partial charge in [-0.1, -0.05) is 12.5 Å². The van der Waals surface area contributed by atoms with Crippen molar-refractivity contribution in [3.05, 3.63) is 28.2 Å². The molecule has 0 radical (unpaired) electrons. The van der Waals surface area contributed by atoms with Crippen LogP contribution in [0.2, 0.25) is 0 Å². The van der Waals surface area contributed by atoms with Gasteiger partial charge in [0, 0.05) is 16.7 Å². The summed E-state index contributed by atoms with van der Waals surface area (Å²) >= 11 is 3.62. The summed E-state index contributed by atoms with van der Waals surface area (Å²) in [5.41, 5.74) is 2.58. The second-order valence-electron chi connectivity index (χ2n) is 5.80. The minimum Gasteiger partial charge on any atom is -0.384 e. The predicted molar refractivity (Wildman–Crippen MR) is 76.3 cm³/mol. The molecule has 0 heterocycles. The summed E-state index contributed by atoms with van der Waals surface area (Å²) in [6.45, 7) is 3.30. The maximum Gasteiger partial charge on any atom is 0.0487 e. The molecule has 2 heteroatoms. The van der Waals surface area contributed by atoms with Crippen LogP contribution < -0.4 is 5.32 Å². The number of rotatable bonds is 3. The van der Waals surface area contributed by atoms with Crippen LogP contribution in [0.3, 0.4) is 0 Å². The fraction of sp³-hybridized carbons (Fsp3) is 0.600. The highest BCUT2D eigenvalue weighted by Crippen LogP contribution is 2.48. The first-order chi connectivity index (χ1) is 8.22. The molecule has 0 aliphatic heterocycles. The molecule has 0 amide bonds. The van der Waals surface area contributed by atoms with Gasteiger partial charge in [0.2, 0.25) is 0 Å². The highest BCUT2D eigenvalue weighted by atomic mass is 79.9. The third kappa shape index (κ3) is 2.37. The van der Waals surface area contributed by atoms with E-state index < -0.39 is 0 Å². The topological polar surface area (TPSA) is 12.0 Å². The standard InChI is InChI=1S/C15H20BrN/c1-10-2-5-14(16)15(6-10)17-9-13-8-11-3-4-12(13)7-11/h2,5-6,11-13,17H,3-4,7-9H2,1H3. The molecule has 3 rings (SSSR count). The number of hydrogen-bond acceptors (Lipinski definition) is 1.